The standard InChI is InChI=1S/C20H30N4O4/c1-14-3-5-16(20(27)28)19(21-14)24-8-7-17(15(13-24)4-6-18(25)26)23-11-9-22(2)10-12-23/h3,5,15,17H,4,6-13H2,1-2H3,(H,25,26)(H,27,28)/t15-,17+/m1/s1. The first-order chi connectivity index (χ1) is 13.3. The van der Waals surface area contributed by atoms with E-state index in [-0.39, 0.29) is 17.9 Å². The third-order valence-corrected chi connectivity index (χ3v) is 5.97. The number of hydrogen-bond donors (Lipinski definition) is 2. The number of piperidine rings is 1. The summed E-state index contributed by atoms with van der Waals surface area (Å²) in [5.41, 5.74) is 0.990. The van der Waals surface area contributed by atoms with Crippen LogP contribution in [0.4, 0.5) is 5.82 Å². The van der Waals surface area contributed by atoms with Crippen molar-refractivity contribution < 1.29 is 19.8 Å². The molecule has 2 aliphatic heterocycles. The Hall–Kier alpha value is -2.19. The Morgan fingerprint density at radius 3 is 2.50 bits per heavy atom. The maximum atomic E-state index is 11.7. The van der Waals surface area contributed by atoms with Crippen LogP contribution in [0.3, 0.4) is 0 Å². The molecule has 0 aromatic carbocycles. The van der Waals surface area contributed by atoms with Gasteiger partial charge in [-0.05, 0) is 44.9 Å². The zero-order valence-electron chi connectivity index (χ0n) is 16.7. The highest BCUT2D eigenvalue weighted by atomic mass is 16.4. The molecule has 8 heteroatoms. The van der Waals surface area contributed by atoms with Crippen LogP contribution < -0.4 is 4.90 Å². The van der Waals surface area contributed by atoms with Crippen LogP contribution in [0.2, 0.25) is 0 Å². The Morgan fingerprint density at radius 2 is 1.86 bits per heavy atom. The lowest BCUT2D eigenvalue weighted by atomic mass is 9.86. The van der Waals surface area contributed by atoms with Crippen molar-refractivity contribution in [3.05, 3.63) is 23.4 Å². The number of pyridine rings is 1. The molecule has 2 fully saturated rings. The Kier molecular flexibility index (Phi) is 6.51. The lowest BCUT2D eigenvalue weighted by molar-refractivity contribution is -0.137. The number of nitrogens with zero attached hydrogens (tertiary/aromatic N) is 4. The largest absolute Gasteiger partial charge is 0.481 e. The van der Waals surface area contributed by atoms with E-state index in [1.54, 1.807) is 12.1 Å². The highest BCUT2D eigenvalue weighted by Crippen LogP contribution is 2.31. The number of carboxylic acid groups (broad SMARTS) is 2. The second-order valence-corrected chi connectivity index (χ2v) is 7.96. The van der Waals surface area contributed by atoms with Crippen molar-refractivity contribution in [2.24, 2.45) is 5.92 Å². The fraction of sp³-hybridized carbons (Fsp3) is 0.650. The second-order valence-electron chi connectivity index (χ2n) is 7.96. The van der Waals surface area contributed by atoms with E-state index in [1.165, 1.54) is 0 Å². The van der Waals surface area contributed by atoms with Crippen molar-refractivity contribution in [3.63, 3.8) is 0 Å². The van der Waals surface area contributed by atoms with E-state index in [9.17, 15) is 19.8 Å². The molecule has 0 radical (unpaired) electrons. The summed E-state index contributed by atoms with van der Waals surface area (Å²) in [5.74, 6) is -1.08. The van der Waals surface area contributed by atoms with Crippen LogP contribution in [-0.2, 0) is 4.79 Å². The van der Waals surface area contributed by atoms with Gasteiger partial charge < -0.3 is 20.0 Å². The fourth-order valence-electron chi connectivity index (χ4n) is 4.39. The first-order valence-corrected chi connectivity index (χ1v) is 9.95. The minimum absolute atomic E-state index is 0.135. The van der Waals surface area contributed by atoms with Crippen LogP contribution >= 0.6 is 0 Å². The number of carboxylic acids is 2. The minimum atomic E-state index is -0.981. The maximum Gasteiger partial charge on any atom is 0.339 e. The number of anilines is 1. The van der Waals surface area contributed by atoms with E-state index in [0.29, 0.717) is 24.8 Å². The van der Waals surface area contributed by atoms with E-state index in [1.807, 2.05) is 11.8 Å². The Labute approximate surface area is 165 Å². The van der Waals surface area contributed by atoms with Crippen molar-refractivity contribution in [3.8, 4) is 0 Å². The predicted molar refractivity (Wildman–Crippen MR) is 106 cm³/mol. The van der Waals surface area contributed by atoms with Gasteiger partial charge in [-0.2, -0.15) is 0 Å². The molecule has 2 N–H and O–H groups in total. The van der Waals surface area contributed by atoms with E-state index >= 15 is 0 Å². The van der Waals surface area contributed by atoms with Gasteiger partial charge in [0.15, 0.2) is 0 Å². The highest BCUT2D eigenvalue weighted by Gasteiger charge is 2.36. The summed E-state index contributed by atoms with van der Waals surface area (Å²) in [4.78, 5) is 34.2. The zero-order valence-corrected chi connectivity index (χ0v) is 16.7. The van der Waals surface area contributed by atoms with E-state index in [0.717, 1.165) is 44.8 Å². The normalized spacial score (nSPS) is 24.3. The van der Waals surface area contributed by atoms with Crippen molar-refractivity contribution in [2.45, 2.75) is 32.2 Å². The molecule has 0 unspecified atom stereocenters. The molecule has 0 bridgehead atoms. The van der Waals surface area contributed by atoms with Gasteiger partial charge in [-0.3, -0.25) is 9.69 Å². The van der Waals surface area contributed by atoms with Gasteiger partial charge >= 0.3 is 11.9 Å². The molecule has 1 aromatic heterocycles. The number of piperazine rings is 1. The van der Waals surface area contributed by atoms with Gasteiger partial charge in [0.25, 0.3) is 0 Å². The topological polar surface area (TPSA) is 97.2 Å². The number of aromatic carboxylic acids is 1. The number of carbonyl (C=O) groups is 2. The molecular formula is C20H30N4O4. The van der Waals surface area contributed by atoms with Crippen LogP contribution in [-0.4, -0.2) is 89.3 Å². The minimum Gasteiger partial charge on any atom is -0.481 e. The third-order valence-electron chi connectivity index (χ3n) is 5.97. The third kappa shape index (κ3) is 4.80. The summed E-state index contributed by atoms with van der Waals surface area (Å²) in [6, 6.07) is 3.66. The summed E-state index contributed by atoms with van der Waals surface area (Å²) in [5, 5.41) is 18.7. The van der Waals surface area contributed by atoms with Crippen LogP contribution in [0.5, 0.6) is 0 Å². The zero-order chi connectivity index (χ0) is 20.3. The molecule has 1 aromatic rings. The number of rotatable bonds is 6. The van der Waals surface area contributed by atoms with Gasteiger partial charge in [0.1, 0.15) is 11.4 Å². The molecule has 28 heavy (non-hydrogen) atoms. The van der Waals surface area contributed by atoms with Crippen molar-refractivity contribution in [1.82, 2.24) is 14.8 Å². The van der Waals surface area contributed by atoms with Gasteiger partial charge in [-0.1, -0.05) is 0 Å². The summed E-state index contributed by atoms with van der Waals surface area (Å²) in [6.45, 7) is 7.26. The van der Waals surface area contributed by atoms with Crippen LogP contribution in [0.25, 0.3) is 0 Å². The van der Waals surface area contributed by atoms with Crippen molar-refractivity contribution >= 4 is 17.8 Å². The first-order valence-electron chi connectivity index (χ1n) is 9.95. The van der Waals surface area contributed by atoms with Gasteiger partial charge in [0, 0.05) is 57.4 Å². The lowest BCUT2D eigenvalue weighted by Gasteiger charge is -2.47. The molecule has 154 valence electrons. The van der Waals surface area contributed by atoms with E-state index < -0.39 is 11.9 Å². The Balaban J connectivity index is 1.80. The van der Waals surface area contributed by atoms with Crippen molar-refractivity contribution in [1.29, 1.82) is 0 Å². The van der Waals surface area contributed by atoms with E-state index in [2.05, 4.69) is 21.8 Å². The Morgan fingerprint density at radius 1 is 1.14 bits per heavy atom. The molecule has 0 aliphatic carbocycles. The van der Waals surface area contributed by atoms with Crippen LogP contribution in [0, 0.1) is 12.8 Å². The summed E-state index contributed by atoms with van der Waals surface area (Å²) < 4.78 is 0. The fourth-order valence-corrected chi connectivity index (χ4v) is 4.39. The van der Waals surface area contributed by atoms with Crippen LogP contribution in [0.1, 0.15) is 35.3 Å². The second kappa shape index (κ2) is 8.87. The quantitative estimate of drug-likeness (QED) is 0.752. The summed E-state index contributed by atoms with van der Waals surface area (Å²) in [6.07, 6.45) is 1.62. The average molecular weight is 390 g/mol. The molecule has 2 atom stereocenters. The average Bonchev–Trinajstić information content (AvgIpc) is 2.66. The molecule has 0 spiro atoms. The summed E-state index contributed by atoms with van der Waals surface area (Å²) in [7, 11) is 2.12. The highest BCUT2D eigenvalue weighted by molar-refractivity contribution is 5.93. The number of aromatic nitrogens is 1. The molecule has 0 amide bonds. The molecule has 2 saturated heterocycles. The maximum absolute atomic E-state index is 11.7. The molecule has 0 saturated carbocycles. The molecule has 8 nitrogen and oxygen atoms in total. The van der Waals surface area contributed by atoms with Gasteiger partial charge in [-0.15, -0.1) is 0 Å². The smallest absolute Gasteiger partial charge is 0.339 e. The van der Waals surface area contributed by atoms with Gasteiger partial charge in [-0.25, -0.2) is 9.78 Å². The van der Waals surface area contributed by atoms with Crippen LogP contribution in [0.15, 0.2) is 12.1 Å². The molecule has 3 heterocycles. The van der Waals surface area contributed by atoms with Gasteiger partial charge in [0.2, 0.25) is 0 Å². The lowest BCUT2D eigenvalue weighted by Crippen LogP contribution is -2.56. The first kappa shape index (κ1) is 20.5. The van der Waals surface area contributed by atoms with Crippen molar-refractivity contribution in [2.75, 3.05) is 51.2 Å². The summed E-state index contributed by atoms with van der Waals surface area (Å²) >= 11 is 0. The molecule has 2 aliphatic rings. The number of hydrogen-bond acceptors (Lipinski definition) is 6. The number of aryl methyl sites for hydroxylation is 1. The number of likely N-dealkylation sites (N-methyl/N-ethyl adjacent to an activating group) is 1. The molecule has 3 rings (SSSR count). The molecular weight excluding hydrogens is 360 g/mol. The van der Waals surface area contributed by atoms with Gasteiger partial charge in [0.05, 0.1) is 0 Å². The monoisotopic (exact) mass is 390 g/mol. The van der Waals surface area contributed by atoms with E-state index in [4.69, 9.17) is 0 Å². The SMILES string of the molecule is Cc1ccc(C(=O)O)c(N2CC[C@H](N3CCN(C)CC3)[C@H](CCC(=O)O)C2)n1. The number of aliphatic carboxylic acids is 1. The Bertz CT molecular complexity index is 718. The predicted octanol–water partition coefficient (Wildman–Crippen LogP) is 1.40.